The van der Waals surface area contributed by atoms with Crippen LogP contribution < -0.4 is 4.74 Å². The molecule has 2 unspecified atom stereocenters. The van der Waals surface area contributed by atoms with Crippen molar-refractivity contribution >= 4 is 29.5 Å². The normalized spacial score (nSPS) is 20.1. The summed E-state index contributed by atoms with van der Waals surface area (Å²) in [6.07, 6.45) is 3.95. The van der Waals surface area contributed by atoms with Crippen LogP contribution in [-0.4, -0.2) is 33.0 Å². The van der Waals surface area contributed by atoms with Gasteiger partial charge in [-0.05, 0) is 44.4 Å². The zero-order valence-electron chi connectivity index (χ0n) is 14.0. The summed E-state index contributed by atoms with van der Waals surface area (Å²) < 4.78 is 5.87. The van der Waals surface area contributed by atoms with Gasteiger partial charge in [0.15, 0.2) is 0 Å². The maximum Gasteiger partial charge on any atom is 0.131 e. The third kappa shape index (κ3) is 4.66. The second-order valence-corrected chi connectivity index (χ2v) is 9.76. The van der Waals surface area contributed by atoms with Gasteiger partial charge in [-0.25, -0.2) is 4.98 Å². The molecule has 6 heteroatoms. The lowest BCUT2D eigenvalue weighted by atomic mass is 9.96. The summed E-state index contributed by atoms with van der Waals surface area (Å²) >= 11 is 0. The SMILES string of the molecule is CC[C@@H]1CCCN(Cc2nc3ccc(OC(C)(P)P)cc3[nH]2)C1. The number of ether oxygens (including phenoxy) is 1. The van der Waals surface area contributed by atoms with E-state index in [4.69, 9.17) is 9.72 Å². The number of aromatic nitrogens is 2. The Labute approximate surface area is 143 Å². The number of piperidine rings is 1. The van der Waals surface area contributed by atoms with E-state index in [0.717, 1.165) is 35.1 Å². The van der Waals surface area contributed by atoms with Crippen LogP contribution in [0.2, 0.25) is 0 Å². The molecule has 3 atom stereocenters. The molecule has 0 amide bonds. The van der Waals surface area contributed by atoms with Crippen molar-refractivity contribution in [1.82, 2.24) is 14.9 Å². The molecular formula is C17H27N3OP2. The topological polar surface area (TPSA) is 41.2 Å². The molecule has 1 fully saturated rings. The zero-order valence-corrected chi connectivity index (χ0v) is 16.3. The van der Waals surface area contributed by atoms with Crippen molar-refractivity contribution in [1.29, 1.82) is 0 Å². The quantitative estimate of drug-likeness (QED) is 0.828. The van der Waals surface area contributed by atoms with E-state index in [-0.39, 0.29) is 5.08 Å². The van der Waals surface area contributed by atoms with Crippen molar-refractivity contribution in [2.24, 2.45) is 5.92 Å². The second-order valence-electron chi connectivity index (χ2n) is 6.80. The molecule has 1 aliphatic heterocycles. The Bertz CT molecular complexity index is 665. The predicted molar refractivity (Wildman–Crippen MR) is 103 cm³/mol. The largest absolute Gasteiger partial charge is 0.480 e. The number of nitrogens with one attached hydrogen (secondary N) is 1. The standard InChI is InChI=1S/C17H27N3OP2/c1-3-12-5-4-8-20(10-12)11-16-18-14-7-6-13(9-15(14)19-16)21-17(2,22)23/h6-7,9,12H,3-5,8,10-11,22-23H2,1-2H3,(H,18,19)/t12-/m1/s1. The van der Waals surface area contributed by atoms with E-state index in [2.05, 4.69) is 35.3 Å². The fourth-order valence-electron chi connectivity index (χ4n) is 3.27. The first-order valence-electron chi connectivity index (χ1n) is 8.40. The van der Waals surface area contributed by atoms with E-state index in [1.54, 1.807) is 0 Å². The lowest BCUT2D eigenvalue weighted by Crippen LogP contribution is -2.34. The van der Waals surface area contributed by atoms with Crippen molar-refractivity contribution < 1.29 is 4.74 Å². The molecular weight excluding hydrogens is 324 g/mol. The molecule has 126 valence electrons. The van der Waals surface area contributed by atoms with Gasteiger partial charge in [0, 0.05) is 12.6 Å². The van der Waals surface area contributed by atoms with Crippen LogP contribution in [-0.2, 0) is 6.54 Å². The van der Waals surface area contributed by atoms with Crippen LogP contribution in [0.15, 0.2) is 18.2 Å². The van der Waals surface area contributed by atoms with Crippen molar-refractivity contribution in [3.8, 4) is 5.75 Å². The Morgan fingerprint density at radius 3 is 3.00 bits per heavy atom. The molecule has 2 aromatic rings. The number of fused-ring (bicyclic) bond motifs is 1. The number of hydrogen-bond donors (Lipinski definition) is 1. The number of imidazole rings is 1. The Morgan fingerprint density at radius 1 is 1.43 bits per heavy atom. The maximum atomic E-state index is 5.87. The number of nitrogens with zero attached hydrogens (tertiary/aromatic N) is 2. The molecule has 0 spiro atoms. The van der Waals surface area contributed by atoms with Gasteiger partial charge in [-0.15, -0.1) is 0 Å². The Morgan fingerprint density at radius 2 is 2.26 bits per heavy atom. The molecule has 23 heavy (non-hydrogen) atoms. The fraction of sp³-hybridized carbons (Fsp3) is 0.588. The molecule has 0 aliphatic carbocycles. The van der Waals surface area contributed by atoms with Gasteiger partial charge < -0.3 is 9.72 Å². The minimum absolute atomic E-state index is 0.348. The fourth-order valence-corrected chi connectivity index (χ4v) is 3.55. The van der Waals surface area contributed by atoms with Crippen molar-refractivity contribution in [2.75, 3.05) is 13.1 Å². The highest BCUT2D eigenvalue weighted by Crippen LogP contribution is 2.31. The van der Waals surface area contributed by atoms with E-state index in [9.17, 15) is 0 Å². The number of H-pyrrole nitrogens is 1. The summed E-state index contributed by atoms with van der Waals surface area (Å²) in [4.78, 5) is 10.7. The van der Waals surface area contributed by atoms with E-state index in [1.165, 1.54) is 32.4 Å². The molecule has 1 aliphatic rings. The van der Waals surface area contributed by atoms with E-state index in [0.29, 0.717) is 0 Å². The Balaban J connectivity index is 1.72. The van der Waals surface area contributed by atoms with Crippen LogP contribution in [0.1, 0.15) is 38.9 Å². The molecule has 1 aromatic carbocycles. The van der Waals surface area contributed by atoms with Crippen LogP contribution >= 0.6 is 18.5 Å². The highest BCUT2D eigenvalue weighted by atomic mass is 31.1. The molecule has 0 radical (unpaired) electrons. The van der Waals surface area contributed by atoms with E-state index < -0.39 is 0 Å². The van der Waals surface area contributed by atoms with E-state index in [1.807, 2.05) is 25.1 Å². The number of aromatic amines is 1. The van der Waals surface area contributed by atoms with Crippen molar-refractivity contribution in [3.05, 3.63) is 24.0 Å². The molecule has 1 N–H and O–H groups in total. The predicted octanol–water partition coefficient (Wildman–Crippen LogP) is 3.99. The first-order valence-corrected chi connectivity index (χ1v) is 9.56. The zero-order chi connectivity index (χ0) is 16.4. The lowest BCUT2D eigenvalue weighted by Gasteiger charge is -2.31. The van der Waals surface area contributed by atoms with Crippen LogP contribution in [0.4, 0.5) is 0 Å². The first-order chi connectivity index (χ1) is 10.9. The van der Waals surface area contributed by atoms with Gasteiger partial charge in [0.1, 0.15) is 16.7 Å². The number of hydrogen-bond acceptors (Lipinski definition) is 3. The summed E-state index contributed by atoms with van der Waals surface area (Å²) in [7, 11) is 5.34. The molecule has 1 aromatic heterocycles. The van der Waals surface area contributed by atoms with Gasteiger partial charge in [-0.3, -0.25) is 4.90 Å². The Hall–Kier alpha value is -0.690. The van der Waals surface area contributed by atoms with Crippen molar-refractivity contribution in [3.63, 3.8) is 0 Å². The number of benzene rings is 1. The average Bonchev–Trinajstić information content (AvgIpc) is 2.87. The Kier molecular flexibility index (Phi) is 5.26. The summed E-state index contributed by atoms with van der Waals surface area (Å²) in [6, 6.07) is 6.04. The van der Waals surface area contributed by atoms with Crippen LogP contribution in [0.25, 0.3) is 11.0 Å². The van der Waals surface area contributed by atoms with E-state index >= 15 is 0 Å². The molecule has 2 heterocycles. The number of likely N-dealkylation sites (tertiary alicyclic amines) is 1. The number of rotatable bonds is 5. The monoisotopic (exact) mass is 351 g/mol. The first kappa shape index (κ1) is 17.1. The summed E-state index contributed by atoms with van der Waals surface area (Å²) in [5.74, 6) is 2.74. The van der Waals surface area contributed by atoms with Gasteiger partial charge in [0.05, 0.1) is 17.6 Å². The lowest BCUT2D eigenvalue weighted by molar-refractivity contribution is 0.162. The van der Waals surface area contributed by atoms with Gasteiger partial charge in [-0.2, -0.15) is 0 Å². The van der Waals surface area contributed by atoms with Gasteiger partial charge in [0.2, 0.25) is 0 Å². The summed E-state index contributed by atoms with van der Waals surface area (Å²) in [5, 5.41) is -0.348. The van der Waals surface area contributed by atoms with Gasteiger partial charge >= 0.3 is 0 Å². The molecule has 0 bridgehead atoms. The second kappa shape index (κ2) is 7.05. The molecule has 1 saturated heterocycles. The maximum absolute atomic E-state index is 5.87. The van der Waals surface area contributed by atoms with Gasteiger partial charge in [0.25, 0.3) is 0 Å². The third-order valence-corrected chi connectivity index (χ3v) is 4.63. The van der Waals surface area contributed by atoms with Gasteiger partial charge in [-0.1, -0.05) is 31.8 Å². The highest BCUT2D eigenvalue weighted by molar-refractivity contribution is 7.39. The minimum Gasteiger partial charge on any atom is -0.480 e. The minimum atomic E-state index is -0.348. The van der Waals surface area contributed by atoms with Crippen LogP contribution in [0.5, 0.6) is 5.75 Å². The molecule has 4 nitrogen and oxygen atoms in total. The molecule has 3 rings (SSSR count). The molecule has 0 saturated carbocycles. The summed E-state index contributed by atoms with van der Waals surface area (Å²) in [5.41, 5.74) is 2.05. The van der Waals surface area contributed by atoms with Crippen LogP contribution in [0, 0.1) is 5.92 Å². The van der Waals surface area contributed by atoms with Crippen LogP contribution in [0.3, 0.4) is 0 Å². The summed E-state index contributed by atoms with van der Waals surface area (Å²) in [6.45, 7) is 7.57. The third-order valence-electron chi connectivity index (χ3n) is 4.39. The average molecular weight is 351 g/mol. The highest BCUT2D eigenvalue weighted by Gasteiger charge is 2.19. The van der Waals surface area contributed by atoms with Crippen molar-refractivity contribution in [2.45, 2.75) is 44.7 Å². The smallest absolute Gasteiger partial charge is 0.131 e.